The first-order valence-corrected chi connectivity index (χ1v) is 5.72. The second-order valence-electron chi connectivity index (χ2n) is 3.68. The van der Waals surface area contributed by atoms with Gasteiger partial charge in [-0.1, -0.05) is 0 Å². The third-order valence-corrected chi connectivity index (χ3v) is 3.07. The summed E-state index contributed by atoms with van der Waals surface area (Å²) in [6.07, 6.45) is 0. The molecule has 0 fully saturated rings. The number of nitrogens with two attached hydrogens (primary N) is 1. The van der Waals surface area contributed by atoms with E-state index < -0.39 is 0 Å². The number of benzene rings is 1. The van der Waals surface area contributed by atoms with E-state index in [0.29, 0.717) is 0 Å². The minimum absolute atomic E-state index is 0.832. The zero-order chi connectivity index (χ0) is 10.8. The molecule has 0 spiro atoms. The first-order valence-electron chi connectivity index (χ1n) is 4.78. The molecule has 3 heteroatoms. The van der Waals surface area contributed by atoms with Crippen LogP contribution in [0.25, 0.3) is 11.1 Å². The van der Waals surface area contributed by atoms with Crippen LogP contribution in [-0.4, -0.2) is 14.1 Å². The van der Waals surface area contributed by atoms with Gasteiger partial charge < -0.3 is 10.6 Å². The van der Waals surface area contributed by atoms with Gasteiger partial charge in [0, 0.05) is 31.0 Å². The van der Waals surface area contributed by atoms with Crippen LogP contribution < -0.4 is 10.6 Å². The SMILES string of the molecule is CN(C)c1ccc(N)c(-c2ccsc2)c1. The van der Waals surface area contributed by atoms with Crippen LogP contribution in [0.3, 0.4) is 0 Å². The maximum absolute atomic E-state index is 5.97. The molecule has 15 heavy (non-hydrogen) atoms. The topological polar surface area (TPSA) is 29.3 Å². The number of nitrogens with zero attached hydrogens (tertiary/aromatic N) is 1. The van der Waals surface area contributed by atoms with Crippen molar-refractivity contribution < 1.29 is 0 Å². The van der Waals surface area contributed by atoms with Crippen LogP contribution in [0.4, 0.5) is 11.4 Å². The highest BCUT2D eigenvalue weighted by molar-refractivity contribution is 7.08. The van der Waals surface area contributed by atoms with Gasteiger partial charge in [0.05, 0.1) is 0 Å². The van der Waals surface area contributed by atoms with Crippen molar-refractivity contribution in [1.82, 2.24) is 0 Å². The predicted molar refractivity (Wildman–Crippen MR) is 68.5 cm³/mol. The van der Waals surface area contributed by atoms with Crippen molar-refractivity contribution >= 4 is 22.7 Å². The average molecular weight is 218 g/mol. The molecule has 0 unspecified atom stereocenters. The van der Waals surface area contributed by atoms with Gasteiger partial charge >= 0.3 is 0 Å². The summed E-state index contributed by atoms with van der Waals surface area (Å²) < 4.78 is 0. The van der Waals surface area contributed by atoms with Crippen LogP contribution in [0, 0.1) is 0 Å². The van der Waals surface area contributed by atoms with E-state index >= 15 is 0 Å². The van der Waals surface area contributed by atoms with Crippen molar-refractivity contribution in [2.24, 2.45) is 0 Å². The standard InChI is InChI=1S/C12H14N2S/c1-14(2)10-3-4-12(13)11(7-10)9-5-6-15-8-9/h3-8H,13H2,1-2H3. The summed E-state index contributed by atoms with van der Waals surface area (Å²) >= 11 is 1.69. The molecule has 2 aromatic rings. The van der Waals surface area contributed by atoms with Gasteiger partial charge in [-0.05, 0) is 40.6 Å². The largest absolute Gasteiger partial charge is 0.398 e. The minimum atomic E-state index is 0.832. The maximum atomic E-state index is 5.97. The lowest BCUT2D eigenvalue weighted by Crippen LogP contribution is -2.08. The van der Waals surface area contributed by atoms with Gasteiger partial charge in [0.25, 0.3) is 0 Å². The van der Waals surface area contributed by atoms with E-state index in [0.717, 1.165) is 11.3 Å². The molecule has 0 aliphatic heterocycles. The average Bonchev–Trinajstić information content (AvgIpc) is 2.71. The van der Waals surface area contributed by atoms with Crippen LogP contribution in [0.2, 0.25) is 0 Å². The van der Waals surface area contributed by atoms with Crippen molar-refractivity contribution in [3.63, 3.8) is 0 Å². The molecular formula is C12H14N2S. The molecule has 0 aliphatic carbocycles. The van der Waals surface area contributed by atoms with E-state index in [-0.39, 0.29) is 0 Å². The number of hydrogen-bond acceptors (Lipinski definition) is 3. The maximum Gasteiger partial charge on any atom is 0.0395 e. The predicted octanol–water partition coefficient (Wildman–Crippen LogP) is 3.06. The van der Waals surface area contributed by atoms with Crippen molar-refractivity contribution in [3.05, 3.63) is 35.0 Å². The summed E-state index contributed by atoms with van der Waals surface area (Å²) in [6.45, 7) is 0. The van der Waals surface area contributed by atoms with Crippen LogP contribution in [0.1, 0.15) is 0 Å². The highest BCUT2D eigenvalue weighted by Gasteiger charge is 2.05. The fraction of sp³-hybridized carbons (Fsp3) is 0.167. The lowest BCUT2D eigenvalue weighted by molar-refractivity contribution is 1.13. The van der Waals surface area contributed by atoms with E-state index in [1.165, 1.54) is 11.3 Å². The Morgan fingerprint density at radius 3 is 2.60 bits per heavy atom. The van der Waals surface area contributed by atoms with Crippen LogP contribution >= 0.6 is 11.3 Å². The summed E-state index contributed by atoms with van der Waals surface area (Å²) in [5, 5.41) is 4.18. The third kappa shape index (κ3) is 1.97. The molecule has 78 valence electrons. The number of thiophene rings is 1. The summed E-state index contributed by atoms with van der Waals surface area (Å²) in [5.41, 5.74) is 10.3. The van der Waals surface area contributed by atoms with Crippen molar-refractivity contribution in [1.29, 1.82) is 0 Å². The van der Waals surface area contributed by atoms with E-state index in [9.17, 15) is 0 Å². The summed E-state index contributed by atoms with van der Waals surface area (Å²) in [4.78, 5) is 2.08. The molecule has 1 aromatic carbocycles. The molecular weight excluding hydrogens is 204 g/mol. The van der Waals surface area contributed by atoms with Gasteiger partial charge in [-0.2, -0.15) is 11.3 Å². The molecule has 0 saturated carbocycles. The molecule has 0 aliphatic rings. The Labute approximate surface area is 94.0 Å². The summed E-state index contributed by atoms with van der Waals surface area (Å²) in [7, 11) is 4.06. The van der Waals surface area contributed by atoms with Crippen molar-refractivity contribution in [3.8, 4) is 11.1 Å². The monoisotopic (exact) mass is 218 g/mol. The minimum Gasteiger partial charge on any atom is -0.398 e. The number of hydrogen-bond donors (Lipinski definition) is 1. The molecule has 0 atom stereocenters. The number of nitrogen functional groups attached to an aromatic ring is 1. The van der Waals surface area contributed by atoms with E-state index in [1.54, 1.807) is 11.3 Å². The fourth-order valence-corrected chi connectivity index (χ4v) is 2.15. The first-order chi connectivity index (χ1) is 7.18. The molecule has 2 N–H and O–H groups in total. The second kappa shape index (κ2) is 3.95. The molecule has 2 rings (SSSR count). The summed E-state index contributed by atoms with van der Waals surface area (Å²) in [6, 6.07) is 8.21. The normalized spacial score (nSPS) is 10.3. The Morgan fingerprint density at radius 1 is 1.20 bits per heavy atom. The molecule has 0 saturated heterocycles. The Bertz CT molecular complexity index is 447. The second-order valence-corrected chi connectivity index (χ2v) is 4.46. The summed E-state index contributed by atoms with van der Waals surface area (Å²) in [5.74, 6) is 0. The van der Waals surface area contributed by atoms with E-state index in [2.05, 4.69) is 27.8 Å². The Morgan fingerprint density at radius 2 is 2.00 bits per heavy atom. The van der Waals surface area contributed by atoms with Crippen LogP contribution in [-0.2, 0) is 0 Å². The zero-order valence-corrected chi connectivity index (χ0v) is 9.71. The lowest BCUT2D eigenvalue weighted by Gasteiger charge is -2.14. The molecule has 0 bridgehead atoms. The van der Waals surface area contributed by atoms with Gasteiger partial charge in [0.2, 0.25) is 0 Å². The zero-order valence-electron chi connectivity index (χ0n) is 8.90. The molecule has 1 heterocycles. The van der Waals surface area contributed by atoms with E-state index in [1.807, 2.05) is 26.2 Å². The molecule has 1 aromatic heterocycles. The van der Waals surface area contributed by atoms with Crippen LogP contribution in [0.15, 0.2) is 35.0 Å². The number of rotatable bonds is 2. The quantitative estimate of drug-likeness (QED) is 0.785. The van der Waals surface area contributed by atoms with Gasteiger partial charge in [-0.15, -0.1) is 0 Å². The Kier molecular flexibility index (Phi) is 2.64. The van der Waals surface area contributed by atoms with Gasteiger partial charge in [0.1, 0.15) is 0 Å². The Hall–Kier alpha value is -1.48. The smallest absolute Gasteiger partial charge is 0.0395 e. The van der Waals surface area contributed by atoms with Gasteiger partial charge in [-0.3, -0.25) is 0 Å². The van der Waals surface area contributed by atoms with E-state index in [4.69, 9.17) is 5.73 Å². The lowest BCUT2D eigenvalue weighted by atomic mass is 10.1. The highest BCUT2D eigenvalue weighted by atomic mass is 32.1. The third-order valence-electron chi connectivity index (χ3n) is 2.39. The van der Waals surface area contributed by atoms with Crippen molar-refractivity contribution in [2.45, 2.75) is 0 Å². The van der Waals surface area contributed by atoms with Gasteiger partial charge in [0.15, 0.2) is 0 Å². The number of anilines is 2. The molecule has 0 radical (unpaired) electrons. The highest BCUT2D eigenvalue weighted by Crippen LogP contribution is 2.30. The Balaban J connectivity index is 2.51. The first kappa shape index (κ1) is 10.1. The molecule has 2 nitrogen and oxygen atoms in total. The molecule has 0 amide bonds. The van der Waals surface area contributed by atoms with Crippen LogP contribution in [0.5, 0.6) is 0 Å². The van der Waals surface area contributed by atoms with Gasteiger partial charge in [-0.25, -0.2) is 0 Å². The van der Waals surface area contributed by atoms with Crippen molar-refractivity contribution in [2.75, 3.05) is 24.7 Å². The fourth-order valence-electron chi connectivity index (χ4n) is 1.49.